The number of hydrogen-bond acceptors (Lipinski definition) is 4. The second-order valence-corrected chi connectivity index (χ2v) is 5.92. The van der Waals surface area contributed by atoms with Gasteiger partial charge in [0, 0.05) is 11.3 Å². The number of aromatic carboxylic acids is 1. The smallest absolute Gasteiger partial charge is 0.339 e. The molecular formula is C19H14N2O4S. The van der Waals surface area contributed by atoms with Crippen LogP contribution in [-0.4, -0.2) is 27.2 Å². The molecule has 0 radical (unpaired) electrons. The van der Waals surface area contributed by atoms with Crippen molar-refractivity contribution in [1.82, 2.24) is 5.32 Å². The molecule has 0 saturated carbocycles. The standard InChI is InChI=1S/C19H14N2O4S/c22-16-8-7-14(10-15(16)18(24)25)20-19(26)21-17(23)13-6-5-11-3-1-2-4-12(11)9-13/h1-10,22H,(H,24,25)(H2,20,21,23,26). The van der Waals surface area contributed by atoms with Crippen LogP contribution in [0.4, 0.5) is 5.69 Å². The van der Waals surface area contributed by atoms with Gasteiger partial charge in [0.05, 0.1) is 0 Å². The third-order valence-electron chi connectivity index (χ3n) is 3.72. The van der Waals surface area contributed by atoms with Crippen LogP contribution in [-0.2, 0) is 0 Å². The lowest BCUT2D eigenvalue weighted by molar-refractivity contribution is 0.0693. The van der Waals surface area contributed by atoms with Crippen molar-refractivity contribution in [1.29, 1.82) is 0 Å². The monoisotopic (exact) mass is 366 g/mol. The Bertz CT molecular complexity index is 1030. The number of carbonyl (C=O) groups is 2. The number of thiocarbonyl (C=S) groups is 1. The van der Waals surface area contributed by atoms with Gasteiger partial charge in [0.1, 0.15) is 11.3 Å². The third-order valence-corrected chi connectivity index (χ3v) is 3.93. The number of carbonyl (C=O) groups excluding carboxylic acids is 1. The molecule has 130 valence electrons. The van der Waals surface area contributed by atoms with E-state index in [2.05, 4.69) is 10.6 Å². The van der Waals surface area contributed by atoms with Crippen LogP contribution in [0.5, 0.6) is 5.75 Å². The first kappa shape index (κ1) is 17.4. The second kappa shape index (κ2) is 7.20. The molecule has 0 fully saturated rings. The van der Waals surface area contributed by atoms with Gasteiger partial charge in [-0.3, -0.25) is 10.1 Å². The Morgan fingerprint density at radius 1 is 0.923 bits per heavy atom. The van der Waals surface area contributed by atoms with Gasteiger partial charge in [0.2, 0.25) is 0 Å². The number of phenols is 1. The summed E-state index contributed by atoms with van der Waals surface area (Å²) in [5, 5.41) is 25.8. The van der Waals surface area contributed by atoms with E-state index in [1.54, 1.807) is 12.1 Å². The van der Waals surface area contributed by atoms with E-state index < -0.39 is 5.97 Å². The highest BCUT2D eigenvalue weighted by molar-refractivity contribution is 7.80. The summed E-state index contributed by atoms with van der Waals surface area (Å²) in [4.78, 5) is 23.4. The fourth-order valence-corrected chi connectivity index (χ4v) is 2.66. The number of nitrogens with one attached hydrogen (secondary N) is 2. The Labute approximate surface area is 154 Å². The molecule has 4 N–H and O–H groups in total. The topological polar surface area (TPSA) is 98.7 Å². The van der Waals surface area contributed by atoms with Crippen molar-refractivity contribution in [2.24, 2.45) is 0 Å². The van der Waals surface area contributed by atoms with E-state index in [1.807, 2.05) is 30.3 Å². The van der Waals surface area contributed by atoms with Crippen molar-refractivity contribution in [3.8, 4) is 5.75 Å². The van der Waals surface area contributed by atoms with E-state index in [9.17, 15) is 14.7 Å². The number of hydrogen-bond donors (Lipinski definition) is 4. The number of carboxylic acid groups (broad SMARTS) is 1. The predicted octanol–water partition coefficient (Wildman–Crippen LogP) is 3.37. The highest BCUT2D eigenvalue weighted by atomic mass is 32.1. The van der Waals surface area contributed by atoms with E-state index in [-0.39, 0.29) is 22.3 Å². The van der Waals surface area contributed by atoms with Gasteiger partial charge in [-0.2, -0.15) is 0 Å². The lowest BCUT2D eigenvalue weighted by Crippen LogP contribution is -2.34. The zero-order chi connectivity index (χ0) is 18.7. The highest BCUT2D eigenvalue weighted by Crippen LogP contribution is 2.21. The van der Waals surface area contributed by atoms with Gasteiger partial charge in [0.15, 0.2) is 5.11 Å². The van der Waals surface area contributed by atoms with Crippen LogP contribution in [0.25, 0.3) is 10.8 Å². The number of aromatic hydroxyl groups is 1. The van der Waals surface area contributed by atoms with Gasteiger partial charge in [0.25, 0.3) is 5.91 Å². The normalized spacial score (nSPS) is 10.3. The molecule has 0 saturated heterocycles. The molecule has 0 atom stereocenters. The summed E-state index contributed by atoms with van der Waals surface area (Å²) in [6.07, 6.45) is 0. The average Bonchev–Trinajstić information content (AvgIpc) is 2.62. The number of fused-ring (bicyclic) bond motifs is 1. The van der Waals surface area contributed by atoms with Crippen LogP contribution >= 0.6 is 12.2 Å². The van der Waals surface area contributed by atoms with Crippen molar-refractivity contribution in [3.63, 3.8) is 0 Å². The Hall–Kier alpha value is -3.45. The average molecular weight is 366 g/mol. The molecular weight excluding hydrogens is 352 g/mol. The van der Waals surface area contributed by atoms with Crippen molar-refractivity contribution in [3.05, 3.63) is 71.8 Å². The summed E-state index contributed by atoms with van der Waals surface area (Å²) < 4.78 is 0. The molecule has 0 aliphatic carbocycles. The molecule has 1 amide bonds. The van der Waals surface area contributed by atoms with E-state index in [4.69, 9.17) is 17.3 Å². The van der Waals surface area contributed by atoms with Crippen LogP contribution in [0, 0.1) is 0 Å². The maximum Gasteiger partial charge on any atom is 0.339 e. The van der Waals surface area contributed by atoms with Gasteiger partial charge in [-0.25, -0.2) is 4.79 Å². The summed E-state index contributed by atoms with van der Waals surface area (Å²) in [7, 11) is 0. The molecule has 0 bridgehead atoms. The molecule has 3 rings (SSSR count). The maximum absolute atomic E-state index is 12.3. The largest absolute Gasteiger partial charge is 0.507 e. The first-order valence-corrected chi connectivity index (χ1v) is 8.02. The fraction of sp³-hybridized carbons (Fsp3) is 0. The minimum atomic E-state index is -1.27. The Kier molecular flexibility index (Phi) is 4.81. The molecule has 7 heteroatoms. The number of benzene rings is 3. The molecule has 3 aromatic rings. The summed E-state index contributed by atoms with van der Waals surface area (Å²) in [6.45, 7) is 0. The summed E-state index contributed by atoms with van der Waals surface area (Å²) in [5.41, 5.74) is 0.521. The lowest BCUT2D eigenvalue weighted by atomic mass is 10.1. The van der Waals surface area contributed by atoms with E-state index in [0.29, 0.717) is 11.3 Å². The molecule has 0 aliphatic heterocycles. The number of anilines is 1. The zero-order valence-corrected chi connectivity index (χ0v) is 14.2. The summed E-state index contributed by atoms with van der Waals surface area (Å²) in [5.74, 6) is -2.00. The van der Waals surface area contributed by atoms with Gasteiger partial charge in [-0.1, -0.05) is 30.3 Å². The Balaban J connectivity index is 1.72. The fourth-order valence-electron chi connectivity index (χ4n) is 2.45. The highest BCUT2D eigenvalue weighted by Gasteiger charge is 2.12. The molecule has 0 aliphatic rings. The van der Waals surface area contributed by atoms with Crippen LogP contribution < -0.4 is 10.6 Å². The number of rotatable bonds is 3. The van der Waals surface area contributed by atoms with Crippen molar-refractivity contribution < 1.29 is 19.8 Å². The second-order valence-electron chi connectivity index (χ2n) is 5.51. The minimum absolute atomic E-state index is 0.0187. The van der Waals surface area contributed by atoms with Crippen molar-refractivity contribution >= 4 is 45.7 Å². The van der Waals surface area contributed by atoms with E-state index in [0.717, 1.165) is 10.8 Å². The van der Waals surface area contributed by atoms with Crippen molar-refractivity contribution in [2.75, 3.05) is 5.32 Å². The predicted molar refractivity (Wildman–Crippen MR) is 103 cm³/mol. The molecule has 0 spiro atoms. The van der Waals surface area contributed by atoms with Crippen LogP contribution in [0.1, 0.15) is 20.7 Å². The molecule has 0 heterocycles. The quantitative estimate of drug-likeness (QED) is 0.419. The van der Waals surface area contributed by atoms with E-state index in [1.165, 1.54) is 18.2 Å². The zero-order valence-electron chi connectivity index (χ0n) is 13.4. The van der Waals surface area contributed by atoms with Crippen LogP contribution in [0.3, 0.4) is 0 Å². The molecule has 26 heavy (non-hydrogen) atoms. The maximum atomic E-state index is 12.3. The Morgan fingerprint density at radius 2 is 1.65 bits per heavy atom. The lowest BCUT2D eigenvalue weighted by Gasteiger charge is -2.11. The van der Waals surface area contributed by atoms with Crippen LogP contribution in [0.2, 0.25) is 0 Å². The molecule has 0 unspecified atom stereocenters. The van der Waals surface area contributed by atoms with Gasteiger partial charge in [-0.15, -0.1) is 0 Å². The first-order valence-electron chi connectivity index (χ1n) is 7.61. The Morgan fingerprint density at radius 3 is 2.38 bits per heavy atom. The third kappa shape index (κ3) is 3.79. The SMILES string of the molecule is O=C(NC(=S)Nc1ccc(O)c(C(=O)O)c1)c1ccc2ccccc2c1. The summed E-state index contributed by atoms with van der Waals surface area (Å²) >= 11 is 5.10. The molecule has 0 aromatic heterocycles. The summed E-state index contributed by atoms with van der Waals surface area (Å²) in [6, 6.07) is 16.9. The van der Waals surface area contributed by atoms with Crippen LogP contribution in [0.15, 0.2) is 60.7 Å². The van der Waals surface area contributed by atoms with Gasteiger partial charge >= 0.3 is 5.97 Å². The van der Waals surface area contributed by atoms with Crippen molar-refractivity contribution in [2.45, 2.75) is 0 Å². The number of amides is 1. The van der Waals surface area contributed by atoms with Gasteiger partial charge < -0.3 is 15.5 Å². The molecule has 3 aromatic carbocycles. The molecule has 6 nitrogen and oxygen atoms in total. The minimum Gasteiger partial charge on any atom is -0.507 e. The first-order chi connectivity index (χ1) is 12.4. The van der Waals surface area contributed by atoms with E-state index >= 15 is 0 Å². The van der Waals surface area contributed by atoms with Gasteiger partial charge in [-0.05, 0) is 53.3 Å². The number of carboxylic acids is 1.